The molecule has 0 radical (unpaired) electrons. The van der Waals surface area contributed by atoms with Gasteiger partial charge in [-0.15, -0.1) is 0 Å². The van der Waals surface area contributed by atoms with Crippen LogP contribution in [0.5, 0.6) is 0 Å². The smallest absolute Gasteiger partial charge is 0.415 e. The lowest BCUT2D eigenvalue weighted by molar-refractivity contribution is -0.138. The second-order valence-corrected chi connectivity index (χ2v) is 8.90. The molecular formula is C25H30N2O5. The summed E-state index contributed by atoms with van der Waals surface area (Å²) in [5.74, 6) is -1.24. The number of amides is 2. The Morgan fingerprint density at radius 2 is 1.69 bits per heavy atom. The van der Waals surface area contributed by atoms with Gasteiger partial charge < -0.3 is 14.7 Å². The topological polar surface area (TPSA) is 87.2 Å². The van der Waals surface area contributed by atoms with Gasteiger partial charge in [-0.1, -0.05) is 48.5 Å². The van der Waals surface area contributed by atoms with Crippen molar-refractivity contribution < 1.29 is 24.2 Å². The molecule has 2 aromatic carbocycles. The minimum atomic E-state index is -0.971. The van der Waals surface area contributed by atoms with Crippen molar-refractivity contribution in [3.8, 4) is 0 Å². The van der Waals surface area contributed by atoms with Crippen LogP contribution < -0.4 is 4.90 Å². The van der Waals surface area contributed by atoms with Crippen molar-refractivity contribution in [3.05, 3.63) is 65.7 Å². The Bertz CT molecular complexity index is 968. The Morgan fingerprint density at radius 3 is 2.34 bits per heavy atom. The Kier molecular flexibility index (Phi) is 7.18. The molecule has 0 bridgehead atoms. The molecule has 0 aromatic heterocycles. The van der Waals surface area contributed by atoms with Crippen LogP contribution in [0.4, 0.5) is 10.5 Å². The van der Waals surface area contributed by atoms with Gasteiger partial charge in [-0.3, -0.25) is 14.5 Å². The number of nitrogens with zero attached hydrogens (tertiary/aromatic N) is 2. The maximum absolute atomic E-state index is 13.6. The largest absolute Gasteiger partial charge is 0.481 e. The maximum Gasteiger partial charge on any atom is 0.415 e. The molecule has 1 heterocycles. The number of fused-ring (bicyclic) bond motifs is 1. The Hall–Kier alpha value is -3.35. The quantitative estimate of drug-likeness (QED) is 0.709. The summed E-state index contributed by atoms with van der Waals surface area (Å²) in [6, 6.07) is 16.3. The number of rotatable bonds is 7. The average Bonchev–Trinajstić information content (AvgIpc) is 3.12. The summed E-state index contributed by atoms with van der Waals surface area (Å²) < 4.78 is 5.59. The van der Waals surface area contributed by atoms with E-state index in [1.807, 2.05) is 48.5 Å². The van der Waals surface area contributed by atoms with Crippen LogP contribution in [0, 0.1) is 0 Å². The second-order valence-electron chi connectivity index (χ2n) is 8.90. The van der Waals surface area contributed by atoms with Gasteiger partial charge in [0.15, 0.2) is 0 Å². The SMILES string of the molecule is CC(C)(C)OC(=O)N1c2ccccc2C[C@@H]1C(=O)N(CCC(=O)O)CCc1ccccc1. The lowest BCUT2D eigenvalue weighted by Crippen LogP contribution is -2.51. The molecule has 0 saturated carbocycles. The van der Waals surface area contributed by atoms with Gasteiger partial charge in [0.2, 0.25) is 5.91 Å². The number of carboxylic acid groups (broad SMARTS) is 1. The highest BCUT2D eigenvalue weighted by atomic mass is 16.6. The van der Waals surface area contributed by atoms with Crippen molar-refractivity contribution in [3.63, 3.8) is 0 Å². The van der Waals surface area contributed by atoms with Gasteiger partial charge in [0.1, 0.15) is 11.6 Å². The molecule has 7 nitrogen and oxygen atoms in total. The Balaban J connectivity index is 1.85. The van der Waals surface area contributed by atoms with Crippen molar-refractivity contribution in [1.29, 1.82) is 0 Å². The number of carbonyl (C=O) groups is 3. The fourth-order valence-corrected chi connectivity index (χ4v) is 3.80. The monoisotopic (exact) mass is 438 g/mol. The van der Waals surface area contributed by atoms with E-state index in [1.54, 1.807) is 31.7 Å². The molecule has 7 heteroatoms. The molecule has 1 aliphatic rings. The van der Waals surface area contributed by atoms with Gasteiger partial charge >= 0.3 is 12.1 Å². The van der Waals surface area contributed by atoms with Crippen molar-refractivity contribution in [2.24, 2.45) is 0 Å². The molecule has 0 aliphatic carbocycles. The van der Waals surface area contributed by atoms with Crippen LogP contribution in [0.1, 0.15) is 38.3 Å². The fraction of sp³-hybridized carbons (Fsp3) is 0.400. The van der Waals surface area contributed by atoms with Gasteiger partial charge in [0.25, 0.3) is 0 Å². The number of benzene rings is 2. The van der Waals surface area contributed by atoms with Crippen LogP contribution in [0.15, 0.2) is 54.6 Å². The molecule has 0 fully saturated rings. The van der Waals surface area contributed by atoms with Crippen LogP contribution in [0.2, 0.25) is 0 Å². The second kappa shape index (κ2) is 9.85. The van der Waals surface area contributed by atoms with Gasteiger partial charge in [-0.25, -0.2) is 4.79 Å². The number of carbonyl (C=O) groups excluding carboxylic acids is 2. The van der Waals surface area contributed by atoms with E-state index in [9.17, 15) is 19.5 Å². The number of hydrogen-bond donors (Lipinski definition) is 1. The van der Waals surface area contributed by atoms with E-state index in [0.717, 1.165) is 11.1 Å². The summed E-state index contributed by atoms with van der Waals surface area (Å²) in [4.78, 5) is 40.8. The summed E-state index contributed by atoms with van der Waals surface area (Å²) in [5, 5.41) is 9.18. The summed E-state index contributed by atoms with van der Waals surface area (Å²) >= 11 is 0. The van der Waals surface area contributed by atoms with Crippen LogP contribution in [0.25, 0.3) is 0 Å². The predicted molar refractivity (Wildman–Crippen MR) is 122 cm³/mol. The number of carboxylic acids is 1. The summed E-state index contributed by atoms with van der Waals surface area (Å²) in [6.07, 6.45) is 0.218. The van der Waals surface area contributed by atoms with Crippen molar-refractivity contribution in [1.82, 2.24) is 4.90 Å². The third-order valence-electron chi connectivity index (χ3n) is 5.27. The van der Waals surface area contributed by atoms with E-state index in [4.69, 9.17) is 4.74 Å². The molecule has 2 amide bonds. The zero-order chi connectivity index (χ0) is 23.3. The van der Waals surface area contributed by atoms with E-state index in [1.165, 1.54) is 4.90 Å². The molecular weight excluding hydrogens is 408 g/mol. The summed E-state index contributed by atoms with van der Waals surface area (Å²) in [5.41, 5.74) is 1.89. The Labute approximate surface area is 188 Å². The van der Waals surface area contributed by atoms with Crippen molar-refractivity contribution in [2.45, 2.75) is 51.7 Å². The number of hydrogen-bond acceptors (Lipinski definition) is 4. The normalized spacial score (nSPS) is 15.2. The molecule has 0 spiro atoms. The summed E-state index contributed by atoms with van der Waals surface area (Å²) in [7, 11) is 0. The van der Waals surface area contributed by atoms with Gasteiger partial charge in [-0.05, 0) is 44.4 Å². The van der Waals surface area contributed by atoms with Crippen LogP contribution >= 0.6 is 0 Å². The standard InChI is InChI=1S/C25H30N2O5/c1-25(2,3)32-24(31)27-20-12-8-7-11-19(20)17-21(27)23(30)26(16-14-22(28)29)15-13-18-9-5-4-6-10-18/h4-12,21H,13-17H2,1-3H3,(H,28,29)/t21-/m1/s1. The molecule has 32 heavy (non-hydrogen) atoms. The van der Waals surface area contributed by atoms with E-state index in [2.05, 4.69) is 0 Å². The molecule has 2 aromatic rings. The minimum absolute atomic E-state index is 0.0794. The number of para-hydroxylation sites is 1. The molecule has 1 N–H and O–H groups in total. The number of anilines is 1. The van der Waals surface area contributed by atoms with Gasteiger partial charge in [-0.2, -0.15) is 0 Å². The van der Waals surface area contributed by atoms with E-state index in [-0.39, 0.29) is 18.9 Å². The van der Waals surface area contributed by atoms with E-state index >= 15 is 0 Å². The maximum atomic E-state index is 13.6. The molecule has 0 unspecified atom stereocenters. The molecule has 0 saturated heterocycles. The summed E-state index contributed by atoms with van der Waals surface area (Å²) in [6.45, 7) is 5.79. The highest BCUT2D eigenvalue weighted by Crippen LogP contribution is 2.34. The molecule has 3 rings (SSSR count). The molecule has 1 aliphatic heterocycles. The number of ether oxygens (including phenoxy) is 1. The highest BCUT2D eigenvalue weighted by molar-refractivity contribution is 6.00. The van der Waals surface area contributed by atoms with Crippen molar-refractivity contribution in [2.75, 3.05) is 18.0 Å². The lowest BCUT2D eigenvalue weighted by Gasteiger charge is -2.32. The predicted octanol–water partition coefficient (Wildman–Crippen LogP) is 3.90. The zero-order valence-corrected chi connectivity index (χ0v) is 18.8. The highest BCUT2D eigenvalue weighted by Gasteiger charge is 2.42. The minimum Gasteiger partial charge on any atom is -0.481 e. The molecule has 1 atom stereocenters. The third-order valence-corrected chi connectivity index (χ3v) is 5.27. The first-order valence-corrected chi connectivity index (χ1v) is 10.8. The average molecular weight is 439 g/mol. The van der Waals surface area contributed by atoms with E-state index in [0.29, 0.717) is 25.1 Å². The first-order valence-electron chi connectivity index (χ1n) is 10.8. The van der Waals surface area contributed by atoms with Crippen LogP contribution in [0.3, 0.4) is 0 Å². The van der Waals surface area contributed by atoms with Gasteiger partial charge in [0, 0.05) is 19.5 Å². The van der Waals surface area contributed by atoms with Gasteiger partial charge in [0.05, 0.1) is 12.1 Å². The first-order chi connectivity index (χ1) is 15.2. The van der Waals surface area contributed by atoms with Crippen LogP contribution in [-0.2, 0) is 27.2 Å². The van der Waals surface area contributed by atoms with Crippen LogP contribution in [-0.4, -0.2) is 52.7 Å². The zero-order valence-electron chi connectivity index (χ0n) is 18.8. The Morgan fingerprint density at radius 1 is 1.03 bits per heavy atom. The lowest BCUT2D eigenvalue weighted by atomic mass is 10.1. The van der Waals surface area contributed by atoms with Crippen molar-refractivity contribution >= 4 is 23.7 Å². The number of aliphatic carboxylic acids is 1. The fourth-order valence-electron chi connectivity index (χ4n) is 3.80. The van der Waals surface area contributed by atoms with E-state index < -0.39 is 23.7 Å². The first kappa shape index (κ1) is 23.3. The third kappa shape index (κ3) is 5.87. The molecule has 170 valence electrons.